The fourth-order valence-corrected chi connectivity index (χ4v) is 2.52. The number of hydrogen-bond donors (Lipinski definition) is 1. The van der Waals surface area contributed by atoms with E-state index in [-0.39, 0.29) is 11.8 Å². The normalized spacial score (nSPS) is 10.2. The van der Waals surface area contributed by atoms with Gasteiger partial charge in [-0.1, -0.05) is 35.9 Å². The van der Waals surface area contributed by atoms with Crippen LogP contribution in [0.4, 0.5) is 5.69 Å². The molecular formula is C18H19ClN2O2. The summed E-state index contributed by atoms with van der Waals surface area (Å²) in [5.74, 6) is -0.444. The molecule has 0 aliphatic heterocycles. The highest BCUT2D eigenvalue weighted by Gasteiger charge is 2.18. The van der Waals surface area contributed by atoms with Gasteiger partial charge in [-0.05, 0) is 38.1 Å². The van der Waals surface area contributed by atoms with E-state index in [2.05, 4.69) is 5.32 Å². The quantitative estimate of drug-likeness (QED) is 0.898. The van der Waals surface area contributed by atoms with Gasteiger partial charge in [0.05, 0.1) is 21.8 Å². The second kappa shape index (κ2) is 7.79. The van der Waals surface area contributed by atoms with E-state index in [1.807, 2.05) is 13.8 Å². The smallest absolute Gasteiger partial charge is 0.257 e. The Labute approximate surface area is 141 Å². The van der Waals surface area contributed by atoms with Gasteiger partial charge in [0, 0.05) is 13.1 Å². The predicted octanol–water partition coefficient (Wildman–Crippen LogP) is 4.07. The molecule has 5 heteroatoms. The van der Waals surface area contributed by atoms with Crippen molar-refractivity contribution in [3.05, 3.63) is 64.7 Å². The Hall–Kier alpha value is -2.33. The minimum absolute atomic E-state index is 0.106. The van der Waals surface area contributed by atoms with Gasteiger partial charge in [-0.2, -0.15) is 0 Å². The summed E-state index contributed by atoms with van der Waals surface area (Å²) in [5, 5.41) is 3.15. The molecule has 0 radical (unpaired) electrons. The van der Waals surface area contributed by atoms with Crippen molar-refractivity contribution in [3.8, 4) is 0 Å². The Bertz CT molecular complexity index is 712. The maximum atomic E-state index is 12.6. The summed E-state index contributed by atoms with van der Waals surface area (Å²) in [6.45, 7) is 5.07. The SMILES string of the molecule is CCN(CC)C(=O)c1ccccc1NC(=O)c1ccccc1Cl. The van der Waals surface area contributed by atoms with Gasteiger partial charge in [0.25, 0.3) is 11.8 Å². The lowest BCUT2D eigenvalue weighted by molar-refractivity contribution is 0.0774. The van der Waals surface area contributed by atoms with Crippen molar-refractivity contribution in [3.63, 3.8) is 0 Å². The second-order valence-corrected chi connectivity index (χ2v) is 5.36. The fourth-order valence-electron chi connectivity index (χ4n) is 2.29. The summed E-state index contributed by atoms with van der Waals surface area (Å²) < 4.78 is 0. The van der Waals surface area contributed by atoms with Crippen LogP contribution in [0.5, 0.6) is 0 Å². The first-order chi connectivity index (χ1) is 11.1. The average Bonchev–Trinajstić information content (AvgIpc) is 2.56. The molecule has 4 nitrogen and oxygen atoms in total. The molecule has 0 aliphatic carbocycles. The number of carbonyl (C=O) groups is 2. The number of para-hydroxylation sites is 1. The van der Waals surface area contributed by atoms with Crippen LogP contribution in [0.2, 0.25) is 5.02 Å². The molecule has 0 fully saturated rings. The molecule has 0 saturated carbocycles. The van der Waals surface area contributed by atoms with E-state index in [1.165, 1.54) is 0 Å². The lowest BCUT2D eigenvalue weighted by Crippen LogP contribution is -2.31. The highest BCUT2D eigenvalue weighted by atomic mass is 35.5. The summed E-state index contributed by atoms with van der Waals surface area (Å²) in [6, 6.07) is 13.8. The molecule has 0 bridgehead atoms. The average molecular weight is 331 g/mol. The first kappa shape index (κ1) is 17.0. The zero-order chi connectivity index (χ0) is 16.8. The van der Waals surface area contributed by atoms with Gasteiger partial charge < -0.3 is 10.2 Å². The molecule has 0 aliphatic rings. The fraction of sp³-hybridized carbons (Fsp3) is 0.222. The van der Waals surface area contributed by atoms with Gasteiger partial charge in [0.15, 0.2) is 0 Å². The topological polar surface area (TPSA) is 49.4 Å². The van der Waals surface area contributed by atoms with Gasteiger partial charge in [0.1, 0.15) is 0 Å². The van der Waals surface area contributed by atoms with Crippen LogP contribution in [0.3, 0.4) is 0 Å². The predicted molar refractivity (Wildman–Crippen MR) is 93.1 cm³/mol. The lowest BCUT2D eigenvalue weighted by atomic mass is 10.1. The first-order valence-corrected chi connectivity index (χ1v) is 7.90. The second-order valence-electron chi connectivity index (χ2n) is 4.96. The number of halogens is 1. The van der Waals surface area contributed by atoms with E-state index in [1.54, 1.807) is 53.4 Å². The van der Waals surface area contributed by atoms with Gasteiger partial charge in [0.2, 0.25) is 0 Å². The summed E-state index contributed by atoms with van der Waals surface area (Å²) in [4.78, 5) is 26.7. The molecule has 0 unspecified atom stereocenters. The maximum Gasteiger partial charge on any atom is 0.257 e. The standard InChI is InChI=1S/C18H19ClN2O2/c1-3-21(4-2)18(23)14-10-6-8-12-16(14)20-17(22)13-9-5-7-11-15(13)19/h5-12H,3-4H2,1-2H3,(H,20,22). The van der Waals surface area contributed by atoms with Crippen molar-refractivity contribution < 1.29 is 9.59 Å². The molecule has 2 aromatic rings. The van der Waals surface area contributed by atoms with Crippen LogP contribution >= 0.6 is 11.6 Å². The number of benzene rings is 2. The van der Waals surface area contributed by atoms with Crippen LogP contribution in [0.25, 0.3) is 0 Å². The minimum Gasteiger partial charge on any atom is -0.339 e. The molecule has 120 valence electrons. The highest BCUT2D eigenvalue weighted by Crippen LogP contribution is 2.21. The van der Waals surface area contributed by atoms with Crippen molar-refractivity contribution in [1.29, 1.82) is 0 Å². The summed E-state index contributed by atoms with van der Waals surface area (Å²) in [7, 11) is 0. The highest BCUT2D eigenvalue weighted by molar-refractivity contribution is 6.34. The van der Waals surface area contributed by atoms with Gasteiger partial charge in [-0.25, -0.2) is 0 Å². The Balaban J connectivity index is 2.29. The summed E-state index contributed by atoms with van der Waals surface area (Å²) in [6.07, 6.45) is 0. The molecule has 1 N–H and O–H groups in total. The number of nitrogens with one attached hydrogen (secondary N) is 1. The van der Waals surface area contributed by atoms with Crippen molar-refractivity contribution in [2.24, 2.45) is 0 Å². The third-order valence-corrected chi connectivity index (χ3v) is 3.90. The van der Waals surface area contributed by atoms with Gasteiger partial charge >= 0.3 is 0 Å². The number of hydrogen-bond acceptors (Lipinski definition) is 2. The Morgan fingerprint density at radius 1 is 0.957 bits per heavy atom. The molecule has 0 atom stereocenters. The van der Waals surface area contributed by atoms with Gasteiger partial charge in [-0.3, -0.25) is 9.59 Å². The molecular weight excluding hydrogens is 312 g/mol. The molecule has 2 amide bonds. The molecule has 0 aromatic heterocycles. The van der Waals surface area contributed by atoms with Crippen molar-refractivity contribution in [2.45, 2.75) is 13.8 Å². The van der Waals surface area contributed by atoms with E-state index in [4.69, 9.17) is 11.6 Å². The van der Waals surface area contributed by atoms with Crippen molar-refractivity contribution in [2.75, 3.05) is 18.4 Å². The van der Waals surface area contributed by atoms with Crippen LogP contribution in [-0.2, 0) is 0 Å². The number of nitrogens with zero attached hydrogens (tertiary/aromatic N) is 1. The minimum atomic E-state index is -0.338. The molecule has 23 heavy (non-hydrogen) atoms. The number of rotatable bonds is 5. The van der Waals surface area contributed by atoms with Crippen LogP contribution in [0, 0.1) is 0 Å². The molecule has 2 aromatic carbocycles. The maximum absolute atomic E-state index is 12.6. The van der Waals surface area contributed by atoms with Crippen LogP contribution in [0.15, 0.2) is 48.5 Å². The van der Waals surface area contributed by atoms with Gasteiger partial charge in [-0.15, -0.1) is 0 Å². The number of carbonyl (C=O) groups excluding carboxylic acids is 2. The molecule has 2 rings (SSSR count). The zero-order valence-corrected chi connectivity index (χ0v) is 13.9. The molecule has 0 heterocycles. The molecule has 0 spiro atoms. The Morgan fingerprint density at radius 2 is 1.52 bits per heavy atom. The van der Waals surface area contributed by atoms with Crippen LogP contribution in [-0.4, -0.2) is 29.8 Å². The Kier molecular flexibility index (Phi) is 5.77. The lowest BCUT2D eigenvalue weighted by Gasteiger charge is -2.20. The number of amides is 2. The summed E-state index contributed by atoms with van der Waals surface area (Å²) >= 11 is 6.05. The third-order valence-electron chi connectivity index (χ3n) is 3.57. The van der Waals surface area contributed by atoms with E-state index >= 15 is 0 Å². The summed E-state index contributed by atoms with van der Waals surface area (Å²) in [5.41, 5.74) is 1.32. The van der Waals surface area contributed by atoms with E-state index in [9.17, 15) is 9.59 Å². The van der Waals surface area contributed by atoms with E-state index in [0.29, 0.717) is 34.9 Å². The molecule has 0 saturated heterocycles. The monoisotopic (exact) mass is 330 g/mol. The van der Waals surface area contributed by atoms with Crippen LogP contribution in [0.1, 0.15) is 34.6 Å². The van der Waals surface area contributed by atoms with Crippen LogP contribution < -0.4 is 5.32 Å². The third kappa shape index (κ3) is 3.90. The van der Waals surface area contributed by atoms with Crippen molar-refractivity contribution in [1.82, 2.24) is 4.90 Å². The Morgan fingerprint density at radius 3 is 2.13 bits per heavy atom. The zero-order valence-electron chi connectivity index (χ0n) is 13.2. The number of anilines is 1. The first-order valence-electron chi connectivity index (χ1n) is 7.52. The van der Waals surface area contributed by atoms with E-state index < -0.39 is 0 Å². The van der Waals surface area contributed by atoms with Crippen molar-refractivity contribution >= 4 is 29.1 Å². The largest absolute Gasteiger partial charge is 0.339 e. The van der Waals surface area contributed by atoms with E-state index in [0.717, 1.165) is 0 Å².